The Morgan fingerprint density at radius 1 is 1.20 bits per heavy atom. The van der Waals surface area contributed by atoms with E-state index in [1.807, 2.05) is 55.1 Å². The Morgan fingerprint density at radius 2 is 1.97 bits per heavy atom. The third-order valence-corrected chi connectivity index (χ3v) is 5.76. The van der Waals surface area contributed by atoms with E-state index in [2.05, 4.69) is 40.9 Å². The van der Waals surface area contributed by atoms with Crippen LogP contribution in [0, 0.1) is 13.8 Å². The smallest absolute Gasteiger partial charge is 0.191 e. The van der Waals surface area contributed by atoms with Crippen molar-refractivity contribution in [2.45, 2.75) is 39.8 Å². The summed E-state index contributed by atoms with van der Waals surface area (Å²) in [7, 11) is 0. The quantitative estimate of drug-likeness (QED) is 0.240. The average Bonchev–Trinajstić information content (AvgIpc) is 3.34. The number of halogens is 1. The zero-order valence-corrected chi connectivity index (χ0v) is 21.0. The number of aromatic nitrogens is 2. The van der Waals surface area contributed by atoms with Crippen LogP contribution in [0.5, 0.6) is 0 Å². The third kappa shape index (κ3) is 6.05. The summed E-state index contributed by atoms with van der Waals surface area (Å²) in [5.74, 6) is 0.674. The van der Waals surface area contributed by atoms with E-state index in [1.165, 1.54) is 0 Å². The molecule has 3 aromatic rings. The van der Waals surface area contributed by atoms with Crippen molar-refractivity contribution in [2.75, 3.05) is 13.1 Å². The van der Waals surface area contributed by atoms with E-state index < -0.39 is 5.60 Å². The Hall–Kier alpha value is -1.91. The molecule has 3 rings (SSSR count). The van der Waals surface area contributed by atoms with Crippen molar-refractivity contribution in [1.82, 2.24) is 20.4 Å². The molecular weight excluding hydrogens is 509 g/mol. The van der Waals surface area contributed by atoms with E-state index in [4.69, 9.17) is 4.99 Å². The summed E-state index contributed by atoms with van der Waals surface area (Å²) in [4.78, 5) is 5.66. The molecule has 1 unspecified atom stereocenters. The van der Waals surface area contributed by atoms with Gasteiger partial charge in [0.1, 0.15) is 5.60 Å². The highest BCUT2D eigenvalue weighted by Gasteiger charge is 2.24. The first-order valence-electron chi connectivity index (χ1n) is 9.81. The van der Waals surface area contributed by atoms with Gasteiger partial charge in [-0.3, -0.25) is 0 Å². The molecule has 1 aromatic carbocycles. The molecule has 8 heteroatoms. The lowest BCUT2D eigenvalue weighted by Crippen LogP contribution is -2.44. The molecule has 0 aliphatic rings. The molecule has 3 N–H and O–H groups in total. The number of guanidine groups is 1. The molecule has 0 saturated heterocycles. The van der Waals surface area contributed by atoms with Gasteiger partial charge in [0, 0.05) is 17.1 Å². The Kier molecular flexibility index (Phi) is 8.87. The number of aliphatic imine (C=N–C) groups is 1. The maximum absolute atomic E-state index is 10.8. The van der Waals surface area contributed by atoms with Crippen LogP contribution in [0.4, 0.5) is 0 Å². The molecule has 0 aliphatic heterocycles. The molecule has 0 fully saturated rings. The first-order chi connectivity index (χ1) is 13.9. The minimum atomic E-state index is -0.952. The summed E-state index contributed by atoms with van der Waals surface area (Å²) >= 11 is 1.55. The van der Waals surface area contributed by atoms with Crippen molar-refractivity contribution in [3.05, 3.63) is 69.7 Å². The van der Waals surface area contributed by atoms with Crippen LogP contribution in [0.25, 0.3) is 5.69 Å². The molecule has 1 atom stereocenters. The predicted octanol–water partition coefficient (Wildman–Crippen LogP) is 4.13. The fourth-order valence-corrected chi connectivity index (χ4v) is 3.94. The standard InChI is InChI=1S/C22H29N5OS.HI/c1-5-23-21(25-15-22(4,28)20-11-8-12-29-20)24-14-18-9-6-7-10-19(18)27-17(3)13-16(2)26-27;/h6-13,28H,5,14-15H2,1-4H3,(H2,23,24,25);1H. The largest absolute Gasteiger partial charge is 0.383 e. The van der Waals surface area contributed by atoms with Crippen LogP contribution >= 0.6 is 35.3 Å². The monoisotopic (exact) mass is 539 g/mol. The maximum atomic E-state index is 10.8. The minimum absolute atomic E-state index is 0. The van der Waals surface area contributed by atoms with Crippen LogP contribution in [0.2, 0.25) is 0 Å². The van der Waals surface area contributed by atoms with Crippen molar-refractivity contribution < 1.29 is 5.11 Å². The Balaban J connectivity index is 0.00000320. The second-order valence-corrected chi connectivity index (χ2v) is 8.22. The molecule has 0 spiro atoms. The van der Waals surface area contributed by atoms with Crippen LogP contribution < -0.4 is 10.6 Å². The summed E-state index contributed by atoms with van der Waals surface area (Å²) in [6, 6.07) is 14.1. The number of thiophene rings is 1. The Bertz CT molecular complexity index is 966. The lowest BCUT2D eigenvalue weighted by atomic mass is 10.1. The lowest BCUT2D eigenvalue weighted by Gasteiger charge is -2.23. The van der Waals surface area contributed by atoms with Gasteiger partial charge in [-0.25, -0.2) is 9.67 Å². The van der Waals surface area contributed by atoms with Crippen molar-refractivity contribution in [3.8, 4) is 5.69 Å². The molecule has 6 nitrogen and oxygen atoms in total. The zero-order valence-electron chi connectivity index (χ0n) is 17.8. The molecular formula is C22H30IN5OS. The van der Waals surface area contributed by atoms with Crippen LogP contribution in [-0.4, -0.2) is 33.9 Å². The fourth-order valence-electron chi connectivity index (χ4n) is 3.16. The number of hydrogen-bond acceptors (Lipinski definition) is 4. The number of aryl methyl sites for hydroxylation is 2. The van der Waals surface area contributed by atoms with E-state index >= 15 is 0 Å². The SMILES string of the molecule is CCNC(=NCc1ccccc1-n1nc(C)cc1C)NCC(C)(O)c1cccs1.I. The number of para-hydroxylation sites is 1. The number of nitrogens with one attached hydrogen (secondary N) is 2. The highest BCUT2D eigenvalue weighted by Crippen LogP contribution is 2.24. The molecule has 30 heavy (non-hydrogen) atoms. The number of benzene rings is 1. The van der Waals surface area contributed by atoms with Crippen molar-refractivity contribution in [1.29, 1.82) is 0 Å². The Morgan fingerprint density at radius 3 is 2.60 bits per heavy atom. The fraction of sp³-hybridized carbons (Fsp3) is 0.364. The van der Waals surface area contributed by atoms with Gasteiger partial charge in [0.25, 0.3) is 0 Å². The third-order valence-electron chi connectivity index (χ3n) is 4.63. The first kappa shape index (κ1) is 24.4. The van der Waals surface area contributed by atoms with Gasteiger partial charge in [0.2, 0.25) is 0 Å². The molecule has 2 heterocycles. The molecule has 0 amide bonds. The number of rotatable bonds is 7. The number of hydrogen-bond donors (Lipinski definition) is 3. The molecule has 2 aromatic heterocycles. The van der Waals surface area contributed by atoms with Crippen LogP contribution in [0.3, 0.4) is 0 Å². The highest BCUT2D eigenvalue weighted by molar-refractivity contribution is 14.0. The van der Waals surface area contributed by atoms with Crippen LogP contribution in [0.15, 0.2) is 52.8 Å². The van der Waals surface area contributed by atoms with E-state index in [9.17, 15) is 5.11 Å². The van der Waals surface area contributed by atoms with E-state index in [1.54, 1.807) is 11.3 Å². The predicted molar refractivity (Wildman–Crippen MR) is 135 cm³/mol. The van der Waals surface area contributed by atoms with Crippen LogP contribution in [0.1, 0.15) is 35.7 Å². The highest BCUT2D eigenvalue weighted by atomic mass is 127. The second-order valence-electron chi connectivity index (χ2n) is 7.27. The minimum Gasteiger partial charge on any atom is -0.383 e. The summed E-state index contributed by atoms with van der Waals surface area (Å²) in [5, 5.41) is 23.9. The molecule has 0 saturated carbocycles. The topological polar surface area (TPSA) is 74.5 Å². The molecule has 0 bridgehead atoms. The van der Waals surface area contributed by atoms with Gasteiger partial charge in [-0.2, -0.15) is 5.10 Å². The molecule has 162 valence electrons. The van der Waals surface area contributed by atoms with Gasteiger partial charge >= 0.3 is 0 Å². The first-order valence-corrected chi connectivity index (χ1v) is 10.7. The van der Waals surface area contributed by atoms with Gasteiger partial charge in [0.15, 0.2) is 5.96 Å². The normalized spacial score (nSPS) is 13.4. The molecule has 0 aliphatic carbocycles. The summed E-state index contributed by atoms with van der Waals surface area (Å²) in [5.41, 5.74) is 3.25. The number of nitrogens with zero attached hydrogens (tertiary/aromatic N) is 3. The van der Waals surface area contributed by atoms with Gasteiger partial charge < -0.3 is 15.7 Å². The van der Waals surface area contributed by atoms with Crippen molar-refractivity contribution in [2.24, 2.45) is 4.99 Å². The van der Waals surface area contributed by atoms with Gasteiger partial charge in [-0.1, -0.05) is 24.3 Å². The van der Waals surface area contributed by atoms with E-state index in [0.29, 0.717) is 19.0 Å². The van der Waals surface area contributed by atoms with Gasteiger partial charge in [-0.05, 0) is 56.8 Å². The van der Waals surface area contributed by atoms with Crippen LogP contribution in [-0.2, 0) is 12.1 Å². The second kappa shape index (κ2) is 10.9. The lowest BCUT2D eigenvalue weighted by molar-refractivity contribution is 0.0655. The van der Waals surface area contributed by atoms with Crippen molar-refractivity contribution in [3.63, 3.8) is 0 Å². The van der Waals surface area contributed by atoms with Gasteiger partial charge in [-0.15, -0.1) is 35.3 Å². The summed E-state index contributed by atoms with van der Waals surface area (Å²) in [6.07, 6.45) is 0. The maximum Gasteiger partial charge on any atom is 0.191 e. The summed E-state index contributed by atoms with van der Waals surface area (Å²) < 4.78 is 1.96. The molecule has 0 radical (unpaired) electrons. The van der Waals surface area contributed by atoms with Gasteiger partial charge in [0.05, 0.1) is 24.5 Å². The zero-order chi connectivity index (χ0) is 20.9. The van der Waals surface area contributed by atoms with E-state index in [-0.39, 0.29) is 24.0 Å². The number of aliphatic hydroxyl groups is 1. The van der Waals surface area contributed by atoms with Crippen molar-refractivity contribution >= 4 is 41.3 Å². The summed E-state index contributed by atoms with van der Waals surface area (Å²) in [6.45, 7) is 9.51. The van der Waals surface area contributed by atoms with E-state index in [0.717, 1.165) is 34.1 Å². The average molecular weight is 539 g/mol. The Labute approximate surface area is 199 Å².